The Hall–Kier alpha value is -0.180. The molecule has 0 aromatic rings. The van der Waals surface area contributed by atoms with Crippen molar-refractivity contribution >= 4 is 0 Å². The fourth-order valence-corrected chi connectivity index (χ4v) is 4.22. The van der Waals surface area contributed by atoms with Gasteiger partial charge in [0.2, 0.25) is 0 Å². The summed E-state index contributed by atoms with van der Waals surface area (Å²) in [5, 5.41) is 0. The first kappa shape index (κ1) is 8.16. The molecule has 0 saturated heterocycles. The molecule has 1 nitrogen and oxygen atoms in total. The van der Waals surface area contributed by atoms with Gasteiger partial charge in [0.1, 0.15) is 0 Å². The molecule has 2 unspecified atom stereocenters. The maximum absolute atomic E-state index is 13.4. The Balaban J connectivity index is 1.90. The van der Waals surface area contributed by atoms with Crippen LogP contribution in [-0.4, -0.2) is 12.5 Å². The van der Waals surface area contributed by atoms with E-state index in [1.54, 1.807) is 0 Å². The fourth-order valence-electron chi connectivity index (χ4n) is 4.22. The van der Waals surface area contributed by atoms with Gasteiger partial charge in [-0.15, -0.1) is 0 Å². The van der Waals surface area contributed by atoms with Crippen molar-refractivity contribution in [2.24, 2.45) is 35.3 Å². The van der Waals surface area contributed by atoms with E-state index in [2.05, 4.69) is 0 Å². The van der Waals surface area contributed by atoms with Crippen LogP contribution in [-0.2, 0) is 0 Å². The molecule has 0 amide bonds. The van der Waals surface area contributed by atoms with Gasteiger partial charge in [0.05, 0.1) is 0 Å². The summed E-state index contributed by atoms with van der Waals surface area (Å²) in [4.78, 5) is 0. The molecule has 3 aliphatic carbocycles. The zero-order valence-electron chi connectivity index (χ0n) is 7.55. The smallest absolute Gasteiger partial charge is 0.251 e. The first-order chi connectivity index (χ1) is 6.15. The van der Waals surface area contributed by atoms with Crippen LogP contribution in [0.3, 0.4) is 0 Å². The van der Waals surface area contributed by atoms with E-state index in [4.69, 9.17) is 5.73 Å². The predicted molar refractivity (Wildman–Crippen MR) is 45.3 cm³/mol. The fraction of sp³-hybridized carbons (Fsp3) is 1.00. The van der Waals surface area contributed by atoms with Crippen LogP contribution < -0.4 is 5.73 Å². The van der Waals surface area contributed by atoms with Gasteiger partial charge in [-0.2, -0.15) is 0 Å². The zero-order valence-corrected chi connectivity index (χ0v) is 7.55. The normalized spacial score (nSPS) is 56.1. The van der Waals surface area contributed by atoms with Crippen molar-refractivity contribution in [2.45, 2.75) is 25.2 Å². The number of alkyl halides is 2. The van der Waals surface area contributed by atoms with Crippen LogP contribution in [0.2, 0.25) is 0 Å². The first-order valence-electron chi connectivity index (χ1n) is 5.23. The van der Waals surface area contributed by atoms with Crippen LogP contribution in [0.1, 0.15) is 19.3 Å². The Morgan fingerprint density at radius 3 is 2.69 bits per heavy atom. The lowest BCUT2D eigenvalue weighted by molar-refractivity contribution is -0.0407. The summed E-state index contributed by atoms with van der Waals surface area (Å²) >= 11 is 0. The van der Waals surface area contributed by atoms with Crippen molar-refractivity contribution in [2.75, 3.05) is 6.54 Å². The van der Waals surface area contributed by atoms with Crippen molar-refractivity contribution in [3.05, 3.63) is 0 Å². The highest BCUT2D eigenvalue weighted by molar-refractivity contribution is 5.13. The van der Waals surface area contributed by atoms with Gasteiger partial charge in [-0.25, -0.2) is 8.78 Å². The molecule has 3 rings (SSSR count). The Morgan fingerprint density at radius 1 is 1.23 bits per heavy atom. The molecular formula is C10H15F2N. The number of rotatable bonds is 1. The van der Waals surface area contributed by atoms with E-state index in [0.717, 1.165) is 12.8 Å². The highest BCUT2D eigenvalue weighted by Crippen LogP contribution is 2.68. The van der Waals surface area contributed by atoms with Crippen molar-refractivity contribution in [3.63, 3.8) is 0 Å². The van der Waals surface area contributed by atoms with Gasteiger partial charge < -0.3 is 5.73 Å². The average molecular weight is 187 g/mol. The van der Waals surface area contributed by atoms with Crippen LogP contribution in [0, 0.1) is 29.6 Å². The molecule has 0 aromatic carbocycles. The lowest BCUT2D eigenvalue weighted by atomic mass is 9.59. The Bertz CT molecular complexity index is 241. The third-order valence-corrected chi connectivity index (χ3v) is 4.69. The quantitative estimate of drug-likeness (QED) is 0.666. The second-order valence-electron chi connectivity index (χ2n) is 4.95. The molecule has 3 saturated carbocycles. The lowest BCUT2D eigenvalue weighted by Crippen LogP contribution is -2.46. The van der Waals surface area contributed by atoms with E-state index in [9.17, 15) is 8.78 Å². The second kappa shape index (κ2) is 2.25. The summed E-state index contributed by atoms with van der Waals surface area (Å²) in [5.41, 5.74) is 5.62. The Labute approximate surface area is 76.7 Å². The largest absolute Gasteiger partial charge is 0.330 e. The molecule has 0 aromatic heterocycles. The molecular weight excluding hydrogens is 172 g/mol. The zero-order chi connectivity index (χ0) is 9.22. The summed E-state index contributed by atoms with van der Waals surface area (Å²) in [6, 6.07) is 0. The van der Waals surface area contributed by atoms with E-state index in [0.29, 0.717) is 24.3 Å². The van der Waals surface area contributed by atoms with Gasteiger partial charge in [-0.05, 0) is 43.1 Å². The van der Waals surface area contributed by atoms with Crippen LogP contribution in [0.5, 0.6) is 0 Å². The van der Waals surface area contributed by atoms with Crippen molar-refractivity contribution in [1.82, 2.24) is 0 Å². The summed E-state index contributed by atoms with van der Waals surface area (Å²) in [7, 11) is 0. The van der Waals surface area contributed by atoms with E-state index >= 15 is 0 Å². The molecule has 3 fully saturated rings. The summed E-state index contributed by atoms with van der Waals surface area (Å²) in [6.45, 7) is 0.620. The van der Waals surface area contributed by atoms with Crippen LogP contribution in [0.25, 0.3) is 0 Å². The van der Waals surface area contributed by atoms with Crippen molar-refractivity contribution in [3.8, 4) is 0 Å². The van der Waals surface area contributed by atoms with Gasteiger partial charge >= 0.3 is 0 Å². The highest BCUT2D eigenvalue weighted by Gasteiger charge is 2.68. The van der Waals surface area contributed by atoms with E-state index in [-0.39, 0.29) is 18.3 Å². The van der Waals surface area contributed by atoms with Gasteiger partial charge in [0.25, 0.3) is 5.92 Å². The first-order valence-corrected chi connectivity index (χ1v) is 5.23. The monoisotopic (exact) mass is 187 g/mol. The number of nitrogens with two attached hydrogens (primary N) is 1. The average Bonchev–Trinajstić information content (AvgIpc) is 2.50. The van der Waals surface area contributed by atoms with Gasteiger partial charge in [0.15, 0.2) is 0 Å². The van der Waals surface area contributed by atoms with Crippen LogP contribution in [0.4, 0.5) is 8.78 Å². The minimum atomic E-state index is -2.37. The molecule has 3 heteroatoms. The van der Waals surface area contributed by atoms with E-state index in [1.165, 1.54) is 0 Å². The molecule has 0 radical (unpaired) electrons. The van der Waals surface area contributed by atoms with Gasteiger partial charge in [-0.3, -0.25) is 0 Å². The molecule has 74 valence electrons. The van der Waals surface area contributed by atoms with Gasteiger partial charge in [-0.1, -0.05) is 0 Å². The maximum atomic E-state index is 13.4. The molecule has 0 aliphatic heterocycles. The summed E-state index contributed by atoms with van der Waals surface area (Å²) < 4.78 is 26.9. The van der Waals surface area contributed by atoms with Crippen molar-refractivity contribution in [1.29, 1.82) is 0 Å². The number of halogens is 2. The molecule has 3 aliphatic rings. The third-order valence-electron chi connectivity index (χ3n) is 4.69. The standard InChI is InChI=1S/C10H15F2N/c11-10(12)3-6-7(4-13)5-1-2-8(10)9(5)6/h5-9H,1-4,13H2/t5?,6-,7-,8+,9?/m0/s1. The molecule has 5 atom stereocenters. The van der Waals surface area contributed by atoms with E-state index < -0.39 is 5.92 Å². The number of hydrogen-bond acceptors (Lipinski definition) is 1. The molecule has 2 N–H and O–H groups in total. The van der Waals surface area contributed by atoms with Crippen LogP contribution in [0.15, 0.2) is 0 Å². The Morgan fingerprint density at radius 2 is 2.00 bits per heavy atom. The lowest BCUT2D eigenvalue weighted by Gasteiger charge is -2.46. The van der Waals surface area contributed by atoms with Crippen molar-refractivity contribution < 1.29 is 8.78 Å². The van der Waals surface area contributed by atoms with E-state index in [1.807, 2.05) is 0 Å². The SMILES string of the molecule is NC[C@H]1C2CC[C@@H]3C2[C@H]1CC3(F)F. The number of hydrogen-bond donors (Lipinski definition) is 1. The van der Waals surface area contributed by atoms with Gasteiger partial charge in [0, 0.05) is 12.3 Å². The molecule has 13 heavy (non-hydrogen) atoms. The second-order valence-corrected chi connectivity index (χ2v) is 4.95. The summed E-state index contributed by atoms with van der Waals surface area (Å²) in [5.74, 6) is -1.09. The molecule has 0 heterocycles. The molecule has 0 spiro atoms. The maximum Gasteiger partial charge on any atom is 0.251 e. The Kier molecular flexibility index (Phi) is 1.41. The molecule has 0 bridgehead atoms. The predicted octanol–water partition coefficient (Wildman–Crippen LogP) is 1.87. The minimum absolute atomic E-state index is 0.126. The minimum Gasteiger partial charge on any atom is -0.330 e. The third kappa shape index (κ3) is 0.797. The summed E-state index contributed by atoms with van der Waals surface area (Å²) in [6.07, 6.45) is 1.87. The highest BCUT2D eigenvalue weighted by atomic mass is 19.3. The van der Waals surface area contributed by atoms with Crippen LogP contribution >= 0.6 is 0 Å². The topological polar surface area (TPSA) is 26.0 Å².